The molecule has 0 amide bonds. The summed E-state index contributed by atoms with van der Waals surface area (Å²) in [7, 11) is 0. The predicted octanol–water partition coefficient (Wildman–Crippen LogP) is 2.80. The van der Waals surface area contributed by atoms with Crippen LogP contribution >= 0.6 is 0 Å². The smallest absolute Gasteiger partial charge is 0.0622 e. The van der Waals surface area contributed by atoms with Crippen LogP contribution in [0.15, 0.2) is 0 Å². The maximum Gasteiger partial charge on any atom is 0.0622 e. The third kappa shape index (κ3) is 3.20. The van der Waals surface area contributed by atoms with Gasteiger partial charge in [-0.05, 0) is 31.6 Å². The van der Waals surface area contributed by atoms with E-state index in [9.17, 15) is 0 Å². The third-order valence-corrected chi connectivity index (χ3v) is 5.60. The molecule has 0 bridgehead atoms. The summed E-state index contributed by atoms with van der Waals surface area (Å²) in [6.45, 7) is 9.09. The van der Waals surface area contributed by atoms with Gasteiger partial charge in [-0.15, -0.1) is 0 Å². The minimum absolute atomic E-state index is 0.425. The fraction of sp³-hybridized carbons (Fsp3) is 1.00. The van der Waals surface area contributed by atoms with E-state index in [1.54, 1.807) is 0 Å². The highest BCUT2D eigenvalue weighted by Crippen LogP contribution is 2.34. The molecule has 0 radical (unpaired) electrons. The van der Waals surface area contributed by atoms with Crippen LogP contribution in [-0.2, 0) is 4.74 Å². The Morgan fingerprint density at radius 1 is 1.25 bits per heavy atom. The fourth-order valence-corrected chi connectivity index (χ4v) is 4.52. The lowest BCUT2D eigenvalue weighted by Crippen LogP contribution is -2.67. The van der Waals surface area contributed by atoms with Crippen molar-refractivity contribution in [3.63, 3.8) is 0 Å². The summed E-state index contributed by atoms with van der Waals surface area (Å²) < 4.78 is 5.68. The van der Waals surface area contributed by atoms with Crippen LogP contribution in [0.3, 0.4) is 0 Å². The molecule has 0 aromatic carbocycles. The summed E-state index contributed by atoms with van der Waals surface area (Å²) in [5.74, 6) is 0.784. The highest BCUT2D eigenvalue weighted by atomic mass is 16.5. The number of ether oxygens (including phenoxy) is 1. The fourth-order valence-electron chi connectivity index (χ4n) is 4.52. The van der Waals surface area contributed by atoms with Gasteiger partial charge in [0.25, 0.3) is 0 Å². The Morgan fingerprint density at radius 3 is 2.70 bits per heavy atom. The molecule has 0 aromatic heterocycles. The molecule has 2 aliphatic heterocycles. The number of rotatable bonds is 3. The van der Waals surface area contributed by atoms with Crippen molar-refractivity contribution >= 4 is 0 Å². The summed E-state index contributed by atoms with van der Waals surface area (Å²) in [6, 6.07) is 1.40. The monoisotopic (exact) mass is 280 g/mol. The second-order valence-electron chi connectivity index (χ2n) is 7.70. The molecule has 3 aliphatic rings. The molecule has 2 saturated heterocycles. The van der Waals surface area contributed by atoms with E-state index in [-0.39, 0.29) is 0 Å². The van der Waals surface area contributed by atoms with Gasteiger partial charge in [0.2, 0.25) is 0 Å². The molecular formula is C17H32N2O. The van der Waals surface area contributed by atoms with E-state index in [1.807, 2.05) is 0 Å². The SMILES string of the molecule is CC(C)CC1CNC2(CCCCC2)CN1C1CCOC1. The van der Waals surface area contributed by atoms with E-state index >= 15 is 0 Å². The summed E-state index contributed by atoms with van der Waals surface area (Å²) in [5, 5.41) is 3.96. The van der Waals surface area contributed by atoms with Crippen molar-refractivity contribution in [2.45, 2.75) is 76.4 Å². The van der Waals surface area contributed by atoms with Crippen molar-refractivity contribution in [3.8, 4) is 0 Å². The third-order valence-electron chi connectivity index (χ3n) is 5.60. The van der Waals surface area contributed by atoms with Gasteiger partial charge < -0.3 is 10.1 Å². The molecular weight excluding hydrogens is 248 g/mol. The van der Waals surface area contributed by atoms with Crippen LogP contribution in [0.2, 0.25) is 0 Å². The van der Waals surface area contributed by atoms with Crippen LogP contribution < -0.4 is 5.32 Å². The summed E-state index contributed by atoms with van der Waals surface area (Å²) in [4.78, 5) is 2.83. The molecule has 2 heterocycles. The van der Waals surface area contributed by atoms with E-state index in [0.29, 0.717) is 17.6 Å². The number of nitrogens with one attached hydrogen (secondary N) is 1. The van der Waals surface area contributed by atoms with Crippen LogP contribution in [0.5, 0.6) is 0 Å². The van der Waals surface area contributed by atoms with Crippen LogP contribution in [0.25, 0.3) is 0 Å². The van der Waals surface area contributed by atoms with Gasteiger partial charge in [0.05, 0.1) is 6.61 Å². The molecule has 2 atom stereocenters. The van der Waals surface area contributed by atoms with Gasteiger partial charge in [0, 0.05) is 37.3 Å². The molecule has 20 heavy (non-hydrogen) atoms. The van der Waals surface area contributed by atoms with Crippen LogP contribution in [0.1, 0.15) is 58.8 Å². The first-order valence-electron chi connectivity index (χ1n) is 8.77. The molecule has 1 aliphatic carbocycles. The largest absolute Gasteiger partial charge is 0.380 e. The second-order valence-corrected chi connectivity index (χ2v) is 7.70. The molecule has 3 heteroatoms. The Labute approximate surface area is 124 Å². The molecule has 1 saturated carbocycles. The molecule has 0 aromatic rings. The Morgan fingerprint density at radius 2 is 2.05 bits per heavy atom. The lowest BCUT2D eigenvalue weighted by Gasteiger charge is -2.52. The minimum Gasteiger partial charge on any atom is -0.380 e. The number of hydrogen-bond donors (Lipinski definition) is 1. The molecule has 1 N–H and O–H groups in total. The normalized spacial score (nSPS) is 35.0. The van der Waals surface area contributed by atoms with E-state index in [2.05, 4.69) is 24.1 Å². The zero-order valence-electron chi connectivity index (χ0n) is 13.4. The topological polar surface area (TPSA) is 24.5 Å². The number of piperazine rings is 1. The van der Waals surface area contributed by atoms with Gasteiger partial charge in [0.15, 0.2) is 0 Å². The first-order chi connectivity index (χ1) is 9.69. The zero-order valence-corrected chi connectivity index (χ0v) is 13.4. The van der Waals surface area contributed by atoms with Crippen LogP contribution in [-0.4, -0.2) is 48.8 Å². The van der Waals surface area contributed by atoms with Crippen LogP contribution in [0.4, 0.5) is 0 Å². The van der Waals surface area contributed by atoms with E-state index in [4.69, 9.17) is 4.74 Å². The molecule has 116 valence electrons. The molecule has 2 unspecified atom stereocenters. The standard InChI is InChI=1S/C17H32N2O/c1-14(2)10-16-11-18-17(7-4-3-5-8-17)13-19(16)15-6-9-20-12-15/h14-16,18H,3-13H2,1-2H3. The van der Waals surface area contributed by atoms with Crippen molar-refractivity contribution < 1.29 is 4.74 Å². The Hall–Kier alpha value is -0.120. The van der Waals surface area contributed by atoms with Gasteiger partial charge in [-0.1, -0.05) is 33.1 Å². The van der Waals surface area contributed by atoms with Gasteiger partial charge >= 0.3 is 0 Å². The Balaban J connectivity index is 1.70. The minimum atomic E-state index is 0.425. The van der Waals surface area contributed by atoms with Crippen molar-refractivity contribution in [3.05, 3.63) is 0 Å². The van der Waals surface area contributed by atoms with Crippen molar-refractivity contribution in [1.29, 1.82) is 0 Å². The van der Waals surface area contributed by atoms with Gasteiger partial charge in [-0.2, -0.15) is 0 Å². The first-order valence-corrected chi connectivity index (χ1v) is 8.77. The quantitative estimate of drug-likeness (QED) is 0.860. The molecule has 3 rings (SSSR count). The van der Waals surface area contributed by atoms with Crippen molar-refractivity contribution in [2.24, 2.45) is 5.92 Å². The van der Waals surface area contributed by atoms with Crippen molar-refractivity contribution in [1.82, 2.24) is 10.2 Å². The zero-order chi connectivity index (χ0) is 14.0. The average Bonchev–Trinajstić information content (AvgIpc) is 2.96. The highest BCUT2D eigenvalue weighted by Gasteiger charge is 2.42. The number of hydrogen-bond acceptors (Lipinski definition) is 3. The Kier molecular flexibility index (Phi) is 4.68. The molecule has 1 spiro atoms. The number of nitrogens with zero attached hydrogens (tertiary/aromatic N) is 1. The predicted molar refractivity (Wildman–Crippen MR) is 83.0 cm³/mol. The Bertz CT molecular complexity index is 306. The molecule has 3 nitrogen and oxygen atoms in total. The van der Waals surface area contributed by atoms with Gasteiger partial charge in [-0.3, -0.25) is 4.90 Å². The highest BCUT2D eigenvalue weighted by molar-refractivity contribution is 5.01. The summed E-state index contributed by atoms with van der Waals surface area (Å²) >= 11 is 0. The first kappa shape index (κ1) is 14.8. The van der Waals surface area contributed by atoms with Gasteiger partial charge in [-0.25, -0.2) is 0 Å². The molecule has 3 fully saturated rings. The van der Waals surface area contributed by atoms with E-state index in [0.717, 1.165) is 19.1 Å². The van der Waals surface area contributed by atoms with Gasteiger partial charge in [0.1, 0.15) is 0 Å². The van der Waals surface area contributed by atoms with Crippen LogP contribution in [0, 0.1) is 5.92 Å². The van der Waals surface area contributed by atoms with E-state index in [1.165, 1.54) is 58.0 Å². The maximum absolute atomic E-state index is 5.68. The second kappa shape index (κ2) is 6.33. The average molecular weight is 280 g/mol. The summed E-state index contributed by atoms with van der Waals surface area (Å²) in [6.07, 6.45) is 9.58. The van der Waals surface area contributed by atoms with E-state index < -0.39 is 0 Å². The summed E-state index contributed by atoms with van der Waals surface area (Å²) in [5.41, 5.74) is 0.425. The lowest BCUT2D eigenvalue weighted by molar-refractivity contribution is 0.0126. The maximum atomic E-state index is 5.68. The lowest BCUT2D eigenvalue weighted by atomic mass is 9.78. The van der Waals surface area contributed by atoms with Crippen molar-refractivity contribution in [2.75, 3.05) is 26.3 Å².